The van der Waals surface area contributed by atoms with E-state index in [0.717, 1.165) is 12.1 Å². The minimum atomic E-state index is -0.204. The summed E-state index contributed by atoms with van der Waals surface area (Å²) in [5.41, 5.74) is 1.07. The number of ether oxygens (including phenoxy) is 2. The first-order valence-corrected chi connectivity index (χ1v) is 5.94. The van der Waals surface area contributed by atoms with Crippen molar-refractivity contribution in [1.82, 2.24) is 5.32 Å². The quantitative estimate of drug-likeness (QED) is 0.870. The molecule has 2 unspecified atom stereocenters. The number of benzene rings is 1. The highest BCUT2D eigenvalue weighted by Gasteiger charge is 2.15. The van der Waals surface area contributed by atoms with Gasteiger partial charge in [-0.2, -0.15) is 0 Å². The summed E-state index contributed by atoms with van der Waals surface area (Å²) in [6.45, 7) is 4.79. The fraction of sp³-hybridized carbons (Fsp3) is 0.538. The molecule has 2 rings (SSSR count). The Morgan fingerprint density at radius 1 is 1.35 bits per heavy atom. The van der Waals surface area contributed by atoms with Crippen LogP contribution in [0.15, 0.2) is 24.3 Å². The maximum Gasteiger partial charge on any atom is 0.123 e. The van der Waals surface area contributed by atoms with Crippen LogP contribution in [0.1, 0.15) is 18.5 Å². The van der Waals surface area contributed by atoms with Crippen molar-refractivity contribution in [3.63, 3.8) is 0 Å². The monoisotopic (exact) mass is 239 g/mol. The van der Waals surface area contributed by atoms with Crippen LogP contribution < -0.4 is 5.32 Å². The Morgan fingerprint density at radius 3 is 2.76 bits per heavy atom. The minimum Gasteiger partial charge on any atom is -0.376 e. The van der Waals surface area contributed by atoms with Crippen molar-refractivity contribution in [2.24, 2.45) is 0 Å². The van der Waals surface area contributed by atoms with Gasteiger partial charge in [0.15, 0.2) is 0 Å². The predicted molar refractivity (Wildman–Crippen MR) is 63.4 cm³/mol. The van der Waals surface area contributed by atoms with Crippen LogP contribution >= 0.6 is 0 Å². The Balaban J connectivity index is 1.80. The SMILES string of the molecule is CC(NCC1COCCO1)c1ccc(F)cc1. The van der Waals surface area contributed by atoms with Gasteiger partial charge in [0.1, 0.15) is 5.82 Å². The normalized spacial score (nSPS) is 22.4. The third kappa shape index (κ3) is 3.77. The third-order valence-corrected chi connectivity index (χ3v) is 2.91. The molecule has 17 heavy (non-hydrogen) atoms. The molecule has 3 nitrogen and oxygen atoms in total. The molecule has 1 N–H and O–H groups in total. The number of hydrogen-bond acceptors (Lipinski definition) is 3. The molecular formula is C13H18FNO2. The zero-order valence-corrected chi connectivity index (χ0v) is 9.99. The molecule has 0 bridgehead atoms. The Bertz CT molecular complexity index is 336. The van der Waals surface area contributed by atoms with Gasteiger partial charge >= 0.3 is 0 Å². The third-order valence-electron chi connectivity index (χ3n) is 2.91. The standard InChI is InChI=1S/C13H18FNO2/c1-10(11-2-4-12(14)5-3-11)15-8-13-9-16-6-7-17-13/h2-5,10,13,15H,6-9H2,1H3. The summed E-state index contributed by atoms with van der Waals surface area (Å²) in [7, 11) is 0. The lowest BCUT2D eigenvalue weighted by molar-refractivity contribution is -0.0869. The molecule has 0 aliphatic carbocycles. The van der Waals surface area contributed by atoms with Gasteiger partial charge in [-0.15, -0.1) is 0 Å². The van der Waals surface area contributed by atoms with Crippen LogP contribution in [-0.4, -0.2) is 32.5 Å². The van der Waals surface area contributed by atoms with E-state index in [2.05, 4.69) is 12.2 Å². The molecule has 94 valence electrons. The highest BCUT2D eigenvalue weighted by Crippen LogP contribution is 2.13. The van der Waals surface area contributed by atoms with Crippen LogP contribution in [0.5, 0.6) is 0 Å². The molecule has 1 fully saturated rings. The first-order valence-electron chi connectivity index (χ1n) is 5.94. The molecule has 1 aromatic rings. The lowest BCUT2D eigenvalue weighted by Gasteiger charge is -2.25. The molecule has 0 saturated carbocycles. The molecule has 0 amide bonds. The van der Waals surface area contributed by atoms with E-state index in [4.69, 9.17) is 9.47 Å². The predicted octanol–water partition coefficient (Wildman–Crippen LogP) is 1.89. The fourth-order valence-electron chi connectivity index (χ4n) is 1.83. The number of halogens is 1. The number of hydrogen-bond donors (Lipinski definition) is 1. The molecular weight excluding hydrogens is 221 g/mol. The van der Waals surface area contributed by atoms with Crippen LogP contribution in [0, 0.1) is 5.82 Å². The molecule has 0 spiro atoms. The van der Waals surface area contributed by atoms with E-state index in [1.54, 1.807) is 12.1 Å². The van der Waals surface area contributed by atoms with Crippen LogP contribution in [0.2, 0.25) is 0 Å². The maximum atomic E-state index is 12.8. The van der Waals surface area contributed by atoms with Crippen LogP contribution in [-0.2, 0) is 9.47 Å². The van der Waals surface area contributed by atoms with Crippen LogP contribution in [0.25, 0.3) is 0 Å². The second-order valence-corrected chi connectivity index (χ2v) is 4.25. The molecule has 1 aliphatic heterocycles. The van der Waals surface area contributed by atoms with Crippen molar-refractivity contribution < 1.29 is 13.9 Å². The fourth-order valence-corrected chi connectivity index (χ4v) is 1.83. The van der Waals surface area contributed by atoms with Crippen molar-refractivity contribution in [3.05, 3.63) is 35.6 Å². The Kier molecular flexibility index (Phi) is 4.48. The molecule has 0 radical (unpaired) electrons. The average Bonchev–Trinajstić information content (AvgIpc) is 2.38. The lowest BCUT2D eigenvalue weighted by Crippen LogP contribution is -2.38. The summed E-state index contributed by atoms with van der Waals surface area (Å²) in [5, 5.41) is 3.36. The zero-order chi connectivity index (χ0) is 12.1. The van der Waals surface area contributed by atoms with Gasteiger partial charge in [0.2, 0.25) is 0 Å². The van der Waals surface area contributed by atoms with Gasteiger partial charge in [-0.25, -0.2) is 4.39 Å². The van der Waals surface area contributed by atoms with Gasteiger partial charge in [-0.3, -0.25) is 0 Å². The van der Waals surface area contributed by atoms with E-state index in [-0.39, 0.29) is 18.0 Å². The van der Waals surface area contributed by atoms with Crippen molar-refractivity contribution in [2.75, 3.05) is 26.4 Å². The van der Waals surface area contributed by atoms with Crippen LogP contribution in [0.4, 0.5) is 4.39 Å². The largest absolute Gasteiger partial charge is 0.376 e. The zero-order valence-electron chi connectivity index (χ0n) is 9.99. The topological polar surface area (TPSA) is 30.5 Å². The maximum absolute atomic E-state index is 12.8. The molecule has 0 aromatic heterocycles. The summed E-state index contributed by atoms with van der Waals surface area (Å²) in [5.74, 6) is -0.204. The molecule has 1 aliphatic rings. The summed E-state index contributed by atoms with van der Waals surface area (Å²) >= 11 is 0. The molecule has 1 aromatic carbocycles. The van der Waals surface area contributed by atoms with E-state index in [1.807, 2.05) is 0 Å². The minimum absolute atomic E-state index is 0.117. The van der Waals surface area contributed by atoms with Crippen molar-refractivity contribution in [3.8, 4) is 0 Å². The van der Waals surface area contributed by atoms with Gasteiger partial charge in [0.25, 0.3) is 0 Å². The first kappa shape index (κ1) is 12.5. The smallest absolute Gasteiger partial charge is 0.123 e. The molecule has 4 heteroatoms. The Hall–Kier alpha value is -0.970. The van der Waals surface area contributed by atoms with Gasteiger partial charge in [-0.05, 0) is 24.6 Å². The van der Waals surface area contributed by atoms with E-state index in [0.29, 0.717) is 19.8 Å². The first-order chi connectivity index (χ1) is 8.25. The summed E-state index contributed by atoms with van der Waals surface area (Å²) in [6.07, 6.45) is 0.117. The molecule has 1 saturated heterocycles. The molecule has 1 heterocycles. The summed E-state index contributed by atoms with van der Waals surface area (Å²) < 4.78 is 23.6. The molecule has 2 atom stereocenters. The van der Waals surface area contributed by atoms with E-state index in [9.17, 15) is 4.39 Å². The van der Waals surface area contributed by atoms with E-state index in [1.165, 1.54) is 12.1 Å². The van der Waals surface area contributed by atoms with Gasteiger partial charge in [0.05, 0.1) is 25.9 Å². The second kappa shape index (κ2) is 6.10. The van der Waals surface area contributed by atoms with Crippen molar-refractivity contribution in [1.29, 1.82) is 0 Å². The average molecular weight is 239 g/mol. The summed E-state index contributed by atoms with van der Waals surface area (Å²) in [4.78, 5) is 0. The highest BCUT2D eigenvalue weighted by atomic mass is 19.1. The lowest BCUT2D eigenvalue weighted by atomic mass is 10.1. The van der Waals surface area contributed by atoms with Crippen LogP contribution in [0.3, 0.4) is 0 Å². The number of rotatable bonds is 4. The van der Waals surface area contributed by atoms with Gasteiger partial charge in [0, 0.05) is 12.6 Å². The van der Waals surface area contributed by atoms with E-state index < -0.39 is 0 Å². The highest BCUT2D eigenvalue weighted by molar-refractivity contribution is 5.19. The van der Waals surface area contributed by atoms with E-state index >= 15 is 0 Å². The second-order valence-electron chi connectivity index (χ2n) is 4.25. The number of nitrogens with one attached hydrogen (secondary N) is 1. The van der Waals surface area contributed by atoms with Crippen molar-refractivity contribution in [2.45, 2.75) is 19.1 Å². The van der Waals surface area contributed by atoms with Crippen molar-refractivity contribution >= 4 is 0 Å². The van der Waals surface area contributed by atoms with Gasteiger partial charge in [-0.1, -0.05) is 12.1 Å². The Labute approximate surface area is 101 Å². The van der Waals surface area contributed by atoms with Gasteiger partial charge < -0.3 is 14.8 Å². The Morgan fingerprint density at radius 2 is 2.12 bits per heavy atom. The summed E-state index contributed by atoms with van der Waals surface area (Å²) in [6, 6.07) is 6.74.